The van der Waals surface area contributed by atoms with E-state index in [1.807, 2.05) is 36.5 Å². The summed E-state index contributed by atoms with van der Waals surface area (Å²) in [6.45, 7) is 0.305. The van der Waals surface area contributed by atoms with Crippen LogP contribution >= 0.6 is 11.6 Å². The van der Waals surface area contributed by atoms with E-state index in [0.29, 0.717) is 29.4 Å². The lowest BCUT2D eigenvalue weighted by Crippen LogP contribution is -2.45. The van der Waals surface area contributed by atoms with Crippen LogP contribution in [-0.4, -0.2) is 41.3 Å². The van der Waals surface area contributed by atoms with E-state index in [9.17, 15) is 9.59 Å². The molecule has 2 heterocycles. The molecule has 1 aliphatic heterocycles. The van der Waals surface area contributed by atoms with Crippen molar-refractivity contribution in [3.05, 3.63) is 71.5 Å². The SMILES string of the molecule is O=C(CN1C(=O)COc2ccc(Cl)cc21)NCCc1ccc(-n2cccn2)cc1. The van der Waals surface area contributed by atoms with E-state index in [4.69, 9.17) is 16.3 Å². The molecule has 0 saturated heterocycles. The van der Waals surface area contributed by atoms with Crippen molar-refractivity contribution in [3.63, 3.8) is 0 Å². The Morgan fingerprint density at radius 3 is 2.79 bits per heavy atom. The second-order valence-corrected chi connectivity index (χ2v) is 7.03. The Kier molecular flexibility index (Phi) is 5.48. The van der Waals surface area contributed by atoms with Crippen LogP contribution in [0.5, 0.6) is 5.75 Å². The van der Waals surface area contributed by atoms with Gasteiger partial charge < -0.3 is 10.1 Å². The van der Waals surface area contributed by atoms with E-state index >= 15 is 0 Å². The number of halogens is 1. The topological polar surface area (TPSA) is 76.5 Å². The van der Waals surface area contributed by atoms with Crippen molar-refractivity contribution in [2.75, 3.05) is 24.6 Å². The normalized spacial score (nSPS) is 13.0. The summed E-state index contributed by atoms with van der Waals surface area (Å²) in [5.74, 6) is 0.0301. The molecule has 0 radical (unpaired) electrons. The molecule has 2 amide bonds. The molecule has 0 bridgehead atoms. The number of rotatable bonds is 6. The number of nitrogens with one attached hydrogen (secondary N) is 1. The maximum atomic E-state index is 12.4. The van der Waals surface area contributed by atoms with E-state index in [2.05, 4.69) is 10.4 Å². The van der Waals surface area contributed by atoms with Gasteiger partial charge in [-0.1, -0.05) is 23.7 Å². The molecule has 0 atom stereocenters. The molecular weight excluding hydrogens is 392 g/mol. The van der Waals surface area contributed by atoms with Crippen LogP contribution in [-0.2, 0) is 16.0 Å². The molecule has 29 heavy (non-hydrogen) atoms. The fraction of sp³-hybridized carbons (Fsp3) is 0.190. The van der Waals surface area contributed by atoms with Gasteiger partial charge in [-0.2, -0.15) is 5.10 Å². The van der Waals surface area contributed by atoms with Gasteiger partial charge in [0, 0.05) is 24.0 Å². The Morgan fingerprint density at radius 1 is 1.21 bits per heavy atom. The van der Waals surface area contributed by atoms with Gasteiger partial charge in [0.15, 0.2) is 6.61 Å². The summed E-state index contributed by atoms with van der Waals surface area (Å²) in [6, 6.07) is 14.9. The Hall–Kier alpha value is -3.32. The second kappa shape index (κ2) is 8.36. The molecule has 0 aliphatic carbocycles. The highest BCUT2D eigenvalue weighted by molar-refractivity contribution is 6.31. The van der Waals surface area contributed by atoms with Crippen LogP contribution in [0.15, 0.2) is 60.9 Å². The molecule has 7 nitrogen and oxygen atoms in total. The van der Waals surface area contributed by atoms with Crippen molar-refractivity contribution < 1.29 is 14.3 Å². The predicted molar refractivity (Wildman–Crippen MR) is 110 cm³/mol. The highest BCUT2D eigenvalue weighted by Gasteiger charge is 2.27. The summed E-state index contributed by atoms with van der Waals surface area (Å²) in [4.78, 5) is 26.0. The number of carbonyl (C=O) groups excluding carboxylic acids is 2. The zero-order valence-electron chi connectivity index (χ0n) is 15.5. The van der Waals surface area contributed by atoms with E-state index in [-0.39, 0.29) is 25.0 Å². The van der Waals surface area contributed by atoms with E-state index in [0.717, 1.165) is 11.3 Å². The second-order valence-electron chi connectivity index (χ2n) is 6.60. The lowest BCUT2D eigenvalue weighted by Gasteiger charge is -2.29. The highest BCUT2D eigenvalue weighted by Crippen LogP contribution is 2.34. The van der Waals surface area contributed by atoms with Gasteiger partial charge in [-0.15, -0.1) is 0 Å². The van der Waals surface area contributed by atoms with Crippen LogP contribution < -0.4 is 15.0 Å². The van der Waals surface area contributed by atoms with Gasteiger partial charge in [-0.3, -0.25) is 14.5 Å². The maximum absolute atomic E-state index is 12.4. The molecule has 4 rings (SSSR count). The average molecular weight is 411 g/mol. The summed E-state index contributed by atoms with van der Waals surface area (Å²) in [5, 5.41) is 7.54. The summed E-state index contributed by atoms with van der Waals surface area (Å²) < 4.78 is 7.18. The molecule has 1 aliphatic rings. The third-order valence-electron chi connectivity index (χ3n) is 4.61. The van der Waals surface area contributed by atoms with E-state index in [1.165, 1.54) is 4.90 Å². The first-order chi connectivity index (χ1) is 14.1. The predicted octanol–water partition coefficient (Wildman–Crippen LogP) is 2.61. The Balaban J connectivity index is 1.32. The average Bonchev–Trinajstić information content (AvgIpc) is 3.26. The van der Waals surface area contributed by atoms with Gasteiger partial charge in [0.1, 0.15) is 12.3 Å². The van der Waals surface area contributed by atoms with Gasteiger partial charge in [-0.25, -0.2) is 4.68 Å². The van der Waals surface area contributed by atoms with E-state index in [1.54, 1.807) is 29.1 Å². The maximum Gasteiger partial charge on any atom is 0.265 e. The molecule has 1 aromatic heterocycles. The summed E-state index contributed by atoms with van der Waals surface area (Å²) in [7, 11) is 0. The molecule has 0 fully saturated rings. The third-order valence-corrected chi connectivity index (χ3v) is 4.84. The summed E-state index contributed by atoms with van der Waals surface area (Å²) in [5.41, 5.74) is 2.59. The molecule has 3 aromatic rings. The number of hydrogen-bond acceptors (Lipinski definition) is 4. The minimum Gasteiger partial charge on any atom is -0.482 e. The fourth-order valence-corrected chi connectivity index (χ4v) is 3.30. The van der Waals surface area contributed by atoms with E-state index < -0.39 is 0 Å². The van der Waals surface area contributed by atoms with Crippen LogP contribution in [0.25, 0.3) is 5.69 Å². The van der Waals surface area contributed by atoms with Crippen LogP contribution in [0.4, 0.5) is 5.69 Å². The van der Waals surface area contributed by atoms with Gasteiger partial charge in [-0.05, 0) is 48.4 Å². The van der Waals surface area contributed by atoms with Gasteiger partial charge in [0.25, 0.3) is 5.91 Å². The fourth-order valence-electron chi connectivity index (χ4n) is 3.13. The minimum absolute atomic E-state index is 0.0756. The Morgan fingerprint density at radius 2 is 2.03 bits per heavy atom. The van der Waals surface area contributed by atoms with Crippen LogP contribution in [0.1, 0.15) is 5.56 Å². The Labute approximate surface area is 172 Å². The largest absolute Gasteiger partial charge is 0.482 e. The van der Waals surface area contributed by atoms with Gasteiger partial charge in [0.2, 0.25) is 5.91 Å². The first kappa shape index (κ1) is 19.0. The number of aromatic nitrogens is 2. The van der Waals surface area contributed by atoms with Crippen molar-refractivity contribution in [2.24, 2.45) is 0 Å². The third kappa shape index (κ3) is 4.41. The molecule has 148 valence electrons. The molecule has 1 N–H and O–H groups in total. The van der Waals surface area contributed by atoms with Crippen molar-refractivity contribution in [3.8, 4) is 11.4 Å². The molecule has 0 saturated carbocycles. The quantitative estimate of drug-likeness (QED) is 0.677. The number of hydrogen-bond donors (Lipinski definition) is 1. The van der Waals surface area contributed by atoms with Crippen molar-refractivity contribution >= 4 is 29.1 Å². The monoisotopic (exact) mass is 410 g/mol. The molecule has 2 aromatic carbocycles. The molecule has 0 unspecified atom stereocenters. The number of carbonyl (C=O) groups is 2. The van der Waals surface area contributed by atoms with Crippen LogP contribution in [0.2, 0.25) is 5.02 Å². The first-order valence-corrected chi connectivity index (χ1v) is 9.56. The lowest BCUT2D eigenvalue weighted by atomic mass is 10.1. The van der Waals surface area contributed by atoms with Gasteiger partial charge in [0.05, 0.1) is 11.4 Å². The summed E-state index contributed by atoms with van der Waals surface area (Å²) in [6.07, 6.45) is 4.30. The first-order valence-electron chi connectivity index (χ1n) is 9.18. The number of anilines is 1. The zero-order chi connectivity index (χ0) is 20.2. The van der Waals surface area contributed by atoms with Gasteiger partial charge >= 0.3 is 0 Å². The number of ether oxygens (including phenoxy) is 1. The van der Waals surface area contributed by atoms with Crippen LogP contribution in [0.3, 0.4) is 0 Å². The Bertz CT molecular complexity index is 1020. The minimum atomic E-state index is -0.274. The number of amides is 2. The lowest BCUT2D eigenvalue weighted by molar-refractivity contribution is -0.125. The number of nitrogens with zero attached hydrogens (tertiary/aromatic N) is 3. The molecule has 0 spiro atoms. The van der Waals surface area contributed by atoms with Crippen molar-refractivity contribution in [2.45, 2.75) is 6.42 Å². The zero-order valence-corrected chi connectivity index (χ0v) is 16.3. The number of benzene rings is 2. The van der Waals surface area contributed by atoms with Crippen molar-refractivity contribution in [1.29, 1.82) is 0 Å². The molecule has 8 heteroatoms. The standard InChI is InChI=1S/C21H19ClN4O3/c22-16-4-7-19-18(12-16)25(21(28)14-29-19)13-20(27)23-10-8-15-2-5-17(6-3-15)26-11-1-9-24-26/h1-7,9,11-12H,8,10,13-14H2,(H,23,27). The highest BCUT2D eigenvalue weighted by atomic mass is 35.5. The van der Waals surface area contributed by atoms with Crippen molar-refractivity contribution in [1.82, 2.24) is 15.1 Å². The summed E-state index contributed by atoms with van der Waals surface area (Å²) >= 11 is 6.02. The number of fused-ring (bicyclic) bond motifs is 1. The smallest absolute Gasteiger partial charge is 0.265 e. The molecular formula is C21H19ClN4O3. The van der Waals surface area contributed by atoms with Crippen LogP contribution in [0, 0.1) is 0 Å².